The summed E-state index contributed by atoms with van der Waals surface area (Å²) in [4.78, 5) is 24.4. The van der Waals surface area contributed by atoms with E-state index in [1.54, 1.807) is 29.8 Å². The van der Waals surface area contributed by atoms with Gasteiger partial charge in [0.15, 0.2) is 5.16 Å². The maximum absolute atomic E-state index is 12.9. The summed E-state index contributed by atoms with van der Waals surface area (Å²) in [5.41, 5.74) is 1.08. The van der Waals surface area contributed by atoms with Crippen LogP contribution in [0.4, 0.5) is 15.8 Å². The first-order valence-electron chi connectivity index (χ1n) is 8.95. The van der Waals surface area contributed by atoms with Crippen molar-refractivity contribution in [2.45, 2.75) is 11.6 Å². The number of rotatable bonds is 8. The molecule has 3 aromatic rings. The van der Waals surface area contributed by atoms with Crippen LogP contribution < -0.4 is 15.4 Å². The van der Waals surface area contributed by atoms with E-state index in [4.69, 9.17) is 4.74 Å². The molecular weight excluding hydrogens is 409 g/mol. The predicted octanol–water partition coefficient (Wildman–Crippen LogP) is 2.87. The number of benzene rings is 2. The third kappa shape index (κ3) is 5.57. The van der Waals surface area contributed by atoms with Gasteiger partial charge in [-0.15, -0.1) is 10.2 Å². The fourth-order valence-corrected chi connectivity index (χ4v) is 3.30. The van der Waals surface area contributed by atoms with E-state index in [0.29, 0.717) is 28.1 Å². The Labute approximate surface area is 176 Å². The van der Waals surface area contributed by atoms with Crippen molar-refractivity contribution in [1.82, 2.24) is 14.8 Å². The molecule has 0 spiro atoms. The number of hydrogen-bond acceptors (Lipinski definition) is 6. The van der Waals surface area contributed by atoms with Gasteiger partial charge in [0.25, 0.3) is 0 Å². The smallest absolute Gasteiger partial charge is 0.234 e. The van der Waals surface area contributed by atoms with Gasteiger partial charge in [0, 0.05) is 12.7 Å². The lowest BCUT2D eigenvalue weighted by Crippen LogP contribution is -2.17. The largest absolute Gasteiger partial charge is 0.495 e. The molecule has 8 nitrogen and oxygen atoms in total. The van der Waals surface area contributed by atoms with E-state index in [9.17, 15) is 14.0 Å². The lowest BCUT2D eigenvalue weighted by atomic mass is 10.3. The molecule has 2 aromatic carbocycles. The zero-order chi connectivity index (χ0) is 21.5. The highest BCUT2D eigenvalue weighted by molar-refractivity contribution is 7.99. The van der Waals surface area contributed by atoms with E-state index in [1.165, 1.54) is 43.1 Å². The molecule has 2 N–H and O–H groups in total. The number of thioether (sulfide) groups is 1. The Morgan fingerprint density at radius 2 is 1.80 bits per heavy atom. The van der Waals surface area contributed by atoms with E-state index in [1.807, 2.05) is 6.07 Å². The Balaban J connectivity index is 1.54. The zero-order valence-electron chi connectivity index (χ0n) is 16.4. The molecule has 0 aliphatic heterocycles. The first-order chi connectivity index (χ1) is 14.5. The molecule has 1 heterocycles. The summed E-state index contributed by atoms with van der Waals surface area (Å²) in [6, 6.07) is 12.6. The maximum Gasteiger partial charge on any atom is 0.234 e. The van der Waals surface area contributed by atoms with Crippen molar-refractivity contribution in [2.75, 3.05) is 23.5 Å². The van der Waals surface area contributed by atoms with E-state index >= 15 is 0 Å². The highest BCUT2D eigenvalue weighted by atomic mass is 32.2. The lowest BCUT2D eigenvalue weighted by molar-refractivity contribution is -0.116. The number of para-hydroxylation sites is 2. The third-order valence-corrected chi connectivity index (χ3v) is 5.11. The van der Waals surface area contributed by atoms with Gasteiger partial charge in [0.05, 0.1) is 25.0 Å². The number of carbonyl (C=O) groups is 2. The van der Waals surface area contributed by atoms with Gasteiger partial charge in [-0.05, 0) is 36.4 Å². The van der Waals surface area contributed by atoms with Crippen LogP contribution in [0.1, 0.15) is 5.82 Å². The zero-order valence-corrected chi connectivity index (χ0v) is 17.2. The van der Waals surface area contributed by atoms with Gasteiger partial charge >= 0.3 is 0 Å². The number of nitrogens with zero attached hydrogens (tertiary/aromatic N) is 3. The summed E-state index contributed by atoms with van der Waals surface area (Å²) < 4.78 is 19.8. The first-order valence-corrected chi connectivity index (χ1v) is 9.94. The Kier molecular flexibility index (Phi) is 7.02. The molecule has 3 rings (SSSR count). The van der Waals surface area contributed by atoms with Crippen molar-refractivity contribution in [3.63, 3.8) is 0 Å². The Bertz CT molecular complexity index is 1040. The van der Waals surface area contributed by atoms with Gasteiger partial charge in [0.1, 0.15) is 17.4 Å². The maximum atomic E-state index is 12.9. The van der Waals surface area contributed by atoms with Crippen LogP contribution in [0, 0.1) is 5.82 Å². The van der Waals surface area contributed by atoms with Crippen LogP contribution in [-0.4, -0.2) is 39.4 Å². The second-order valence-electron chi connectivity index (χ2n) is 6.23. The SMILES string of the molecule is COc1ccccc1NC(=O)CSc1nnc(CC(=O)Nc2ccc(F)cc2)n1C. The highest BCUT2D eigenvalue weighted by Crippen LogP contribution is 2.24. The molecule has 0 atom stereocenters. The Morgan fingerprint density at radius 3 is 2.53 bits per heavy atom. The van der Waals surface area contributed by atoms with Gasteiger partial charge in [-0.3, -0.25) is 9.59 Å². The average Bonchev–Trinajstić information content (AvgIpc) is 3.08. The van der Waals surface area contributed by atoms with Gasteiger partial charge in [-0.1, -0.05) is 23.9 Å². The summed E-state index contributed by atoms with van der Waals surface area (Å²) in [5.74, 6) is 0.237. The minimum atomic E-state index is -0.377. The molecule has 1 aromatic heterocycles. The number of anilines is 2. The third-order valence-electron chi connectivity index (χ3n) is 4.09. The first kappa shape index (κ1) is 21.3. The van der Waals surface area contributed by atoms with Crippen molar-refractivity contribution in [3.05, 3.63) is 60.2 Å². The van der Waals surface area contributed by atoms with Crippen molar-refractivity contribution < 1.29 is 18.7 Å². The molecule has 2 amide bonds. The summed E-state index contributed by atoms with van der Waals surface area (Å²) >= 11 is 1.20. The molecular formula is C20H20FN5O3S. The number of nitrogens with one attached hydrogen (secondary N) is 2. The van der Waals surface area contributed by atoms with E-state index in [-0.39, 0.29) is 29.8 Å². The molecule has 0 saturated carbocycles. The number of aromatic nitrogens is 3. The monoisotopic (exact) mass is 429 g/mol. The van der Waals surface area contributed by atoms with Crippen LogP contribution in [-0.2, 0) is 23.1 Å². The number of ether oxygens (including phenoxy) is 1. The quantitative estimate of drug-likeness (QED) is 0.535. The summed E-state index contributed by atoms with van der Waals surface area (Å²) in [6.07, 6.45) is -0.00511. The molecule has 10 heteroatoms. The topological polar surface area (TPSA) is 98.1 Å². The van der Waals surface area contributed by atoms with Crippen LogP contribution in [0.3, 0.4) is 0 Å². The van der Waals surface area contributed by atoms with E-state index < -0.39 is 0 Å². The molecule has 30 heavy (non-hydrogen) atoms. The number of halogens is 1. The fourth-order valence-electron chi connectivity index (χ4n) is 2.57. The second-order valence-corrected chi connectivity index (χ2v) is 7.17. The minimum absolute atomic E-state index is 0.00511. The minimum Gasteiger partial charge on any atom is -0.495 e. The summed E-state index contributed by atoms with van der Waals surface area (Å²) in [5, 5.41) is 14.0. The van der Waals surface area contributed by atoms with Crippen LogP contribution >= 0.6 is 11.8 Å². The predicted molar refractivity (Wildman–Crippen MR) is 112 cm³/mol. The van der Waals surface area contributed by atoms with Crippen molar-refractivity contribution in [3.8, 4) is 5.75 Å². The normalized spacial score (nSPS) is 10.5. The molecule has 0 saturated heterocycles. The fraction of sp³-hybridized carbons (Fsp3) is 0.200. The summed E-state index contributed by atoms with van der Waals surface area (Å²) in [7, 11) is 3.26. The van der Waals surface area contributed by atoms with Crippen LogP contribution in [0.25, 0.3) is 0 Å². The molecule has 0 aliphatic carbocycles. The van der Waals surface area contributed by atoms with Crippen LogP contribution in [0.5, 0.6) is 5.75 Å². The standard InChI is InChI=1S/C20H20FN5O3S/c1-26-17(11-18(27)22-14-9-7-13(21)8-10-14)24-25-20(26)30-12-19(28)23-15-5-3-4-6-16(15)29-2/h3-10H,11-12H2,1-2H3,(H,22,27)(H,23,28). The summed E-state index contributed by atoms with van der Waals surface area (Å²) in [6.45, 7) is 0. The molecule has 0 bridgehead atoms. The van der Waals surface area contributed by atoms with Gasteiger partial charge in [0.2, 0.25) is 11.8 Å². The van der Waals surface area contributed by atoms with Crippen molar-refractivity contribution in [2.24, 2.45) is 7.05 Å². The lowest BCUT2D eigenvalue weighted by Gasteiger charge is -2.09. The second kappa shape index (κ2) is 9.88. The Hall–Kier alpha value is -3.40. The van der Waals surface area contributed by atoms with E-state index in [2.05, 4.69) is 20.8 Å². The van der Waals surface area contributed by atoms with Gasteiger partial charge in [-0.2, -0.15) is 0 Å². The number of hydrogen-bond donors (Lipinski definition) is 2. The van der Waals surface area contributed by atoms with Crippen LogP contribution in [0.2, 0.25) is 0 Å². The molecule has 0 aliphatic rings. The number of carbonyl (C=O) groups excluding carboxylic acids is 2. The highest BCUT2D eigenvalue weighted by Gasteiger charge is 2.15. The molecule has 0 fully saturated rings. The number of methoxy groups -OCH3 is 1. The van der Waals surface area contributed by atoms with Gasteiger partial charge in [-0.25, -0.2) is 4.39 Å². The van der Waals surface area contributed by atoms with E-state index in [0.717, 1.165) is 0 Å². The number of amides is 2. The molecule has 0 unspecified atom stereocenters. The van der Waals surface area contributed by atoms with Gasteiger partial charge < -0.3 is 19.9 Å². The Morgan fingerprint density at radius 1 is 1.07 bits per heavy atom. The van der Waals surface area contributed by atoms with Crippen LogP contribution in [0.15, 0.2) is 53.7 Å². The van der Waals surface area contributed by atoms with Crippen molar-refractivity contribution >= 4 is 35.0 Å². The molecule has 156 valence electrons. The molecule has 0 radical (unpaired) electrons. The van der Waals surface area contributed by atoms with Crippen molar-refractivity contribution in [1.29, 1.82) is 0 Å². The average molecular weight is 429 g/mol.